The highest BCUT2D eigenvalue weighted by Crippen LogP contribution is 2.36. The summed E-state index contributed by atoms with van der Waals surface area (Å²) in [5.74, 6) is -0.590. The molecule has 0 saturated carbocycles. The van der Waals surface area contributed by atoms with Crippen molar-refractivity contribution >= 4 is 31.6 Å². The van der Waals surface area contributed by atoms with Gasteiger partial charge in [-0.2, -0.15) is 22.4 Å². The summed E-state index contributed by atoms with van der Waals surface area (Å²) in [6.07, 6.45) is -4.09. The fraction of sp³-hybridized carbons (Fsp3) is 0.167. The van der Waals surface area contributed by atoms with E-state index in [0.29, 0.717) is 6.07 Å². The van der Waals surface area contributed by atoms with Crippen LogP contribution in [-0.4, -0.2) is 28.8 Å². The van der Waals surface area contributed by atoms with E-state index in [4.69, 9.17) is 0 Å². The number of hydrogen-bond donors (Lipinski definition) is 0. The monoisotopic (exact) mass is 365 g/mol. The highest BCUT2D eigenvalue weighted by molar-refractivity contribution is 7.89. The fourth-order valence-electron chi connectivity index (χ4n) is 1.93. The number of halogens is 4. The molecule has 23 heavy (non-hydrogen) atoms. The third-order valence-electron chi connectivity index (χ3n) is 2.87. The topological polar surface area (TPSA) is 64.8 Å². The van der Waals surface area contributed by atoms with Gasteiger partial charge in [0.1, 0.15) is 16.5 Å². The van der Waals surface area contributed by atoms with E-state index in [1.165, 1.54) is 18.2 Å². The van der Waals surface area contributed by atoms with Crippen molar-refractivity contribution in [2.75, 3.05) is 6.26 Å². The maximum Gasteiger partial charge on any atom is 0.435 e. The van der Waals surface area contributed by atoms with E-state index in [2.05, 4.69) is 10.1 Å². The summed E-state index contributed by atoms with van der Waals surface area (Å²) < 4.78 is 75.9. The zero-order chi connectivity index (χ0) is 17.0. The molecule has 3 rings (SSSR count). The van der Waals surface area contributed by atoms with Gasteiger partial charge in [-0.3, -0.25) is 0 Å². The Morgan fingerprint density at radius 2 is 1.96 bits per heavy atom. The number of hydrogen-bond acceptors (Lipinski definition) is 5. The van der Waals surface area contributed by atoms with Crippen molar-refractivity contribution in [2.24, 2.45) is 0 Å². The highest BCUT2D eigenvalue weighted by Gasteiger charge is 2.36. The average molecular weight is 365 g/mol. The van der Waals surface area contributed by atoms with Crippen LogP contribution in [-0.2, 0) is 16.2 Å². The van der Waals surface area contributed by atoms with Gasteiger partial charge in [0, 0.05) is 6.07 Å². The van der Waals surface area contributed by atoms with Crippen molar-refractivity contribution in [1.82, 2.24) is 14.2 Å². The summed E-state index contributed by atoms with van der Waals surface area (Å²) >= 11 is 0.752. The van der Waals surface area contributed by atoms with Crippen LogP contribution in [0.15, 0.2) is 24.3 Å². The van der Waals surface area contributed by atoms with E-state index in [0.717, 1.165) is 17.6 Å². The lowest BCUT2D eigenvalue weighted by Crippen LogP contribution is -2.15. The molecule has 0 bridgehead atoms. The van der Waals surface area contributed by atoms with Gasteiger partial charge >= 0.3 is 6.18 Å². The molecule has 1 aromatic carbocycles. The first-order valence-electron chi connectivity index (χ1n) is 6.00. The zero-order valence-electron chi connectivity index (χ0n) is 11.3. The third-order valence-corrected chi connectivity index (χ3v) is 4.88. The largest absolute Gasteiger partial charge is 0.435 e. The Balaban J connectivity index is 2.29. The summed E-state index contributed by atoms with van der Waals surface area (Å²) in [7, 11) is -4.09. The third kappa shape index (κ3) is 2.81. The van der Waals surface area contributed by atoms with Crippen molar-refractivity contribution in [3.05, 3.63) is 35.8 Å². The van der Waals surface area contributed by atoms with E-state index in [-0.39, 0.29) is 25.0 Å². The molecule has 0 radical (unpaired) electrons. The number of nitrogens with zero attached hydrogens (tertiary/aromatic N) is 3. The van der Waals surface area contributed by atoms with Gasteiger partial charge in [-0.25, -0.2) is 17.8 Å². The van der Waals surface area contributed by atoms with Gasteiger partial charge in [0.25, 0.3) is 10.0 Å². The van der Waals surface area contributed by atoms with Crippen LogP contribution in [0.25, 0.3) is 20.9 Å². The second-order valence-corrected chi connectivity index (χ2v) is 7.44. The Morgan fingerprint density at radius 1 is 1.26 bits per heavy atom. The molecular formula is C12H7F4N3O2S2. The van der Waals surface area contributed by atoms with Crippen LogP contribution in [0.4, 0.5) is 17.6 Å². The number of thiazole rings is 1. The second-order valence-electron chi connectivity index (χ2n) is 4.63. The molecule has 0 N–H and O–H groups in total. The van der Waals surface area contributed by atoms with Crippen molar-refractivity contribution in [2.45, 2.75) is 6.18 Å². The quantitative estimate of drug-likeness (QED) is 0.655. The van der Waals surface area contributed by atoms with E-state index < -0.39 is 27.7 Å². The van der Waals surface area contributed by atoms with E-state index in [1.807, 2.05) is 0 Å². The van der Waals surface area contributed by atoms with Gasteiger partial charge in [-0.15, -0.1) is 11.3 Å². The molecule has 0 atom stereocenters. The predicted molar refractivity (Wildman–Crippen MR) is 76.0 cm³/mol. The van der Waals surface area contributed by atoms with Crippen LogP contribution in [0.3, 0.4) is 0 Å². The second kappa shape index (κ2) is 4.99. The number of aromatic nitrogens is 3. The Morgan fingerprint density at radius 3 is 2.52 bits per heavy atom. The van der Waals surface area contributed by atoms with Crippen LogP contribution >= 0.6 is 11.3 Å². The molecule has 0 aliphatic heterocycles. The highest BCUT2D eigenvalue weighted by atomic mass is 32.2. The van der Waals surface area contributed by atoms with E-state index in [1.54, 1.807) is 0 Å². The van der Waals surface area contributed by atoms with Crippen LogP contribution in [0.1, 0.15) is 5.69 Å². The van der Waals surface area contributed by atoms with Crippen LogP contribution < -0.4 is 0 Å². The Hall–Kier alpha value is -2.01. The molecule has 122 valence electrons. The first-order valence-corrected chi connectivity index (χ1v) is 8.67. The summed E-state index contributed by atoms with van der Waals surface area (Å²) in [6.45, 7) is 0. The molecule has 0 aliphatic rings. The van der Waals surface area contributed by atoms with Gasteiger partial charge < -0.3 is 0 Å². The average Bonchev–Trinajstić information content (AvgIpc) is 3.01. The van der Waals surface area contributed by atoms with Crippen molar-refractivity contribution in [3.8, 4) is 10.7 Å². The van der Waals surface area contributed by atoms with Crippen molar-refractivity contribution < 1.29 is 26.0 Å². The summed E-state index contributed by atoms with van der Waals surface area (Å²) in [5, 5.41) is 3.03. The van der Waals surface area contributed by atoms with Gasteiger partial charge in [0.15, 0.2) is 5.69 Å². The lowest BCUT2D eigenvalue weighted by atomic mass is 10.3. The normalized spacial score (nSPS) is 12.9. The zero-order valence-corrected chi connectivity index (χ0v) is 12.9. The molecule has 0 amide bonds. The Labute approximate surface area is 131 Å². The van der Waals surface area contributed by atoms with Gasteiger partial charge in [0.2, 0.25) is 0 Å². The lowest BCUT2D eigenvalue weighted by molar-refractivity contribution is -0.141. The SMILES string of the molecule is CS(=O)(=O)n1nc(C(F)(F)F)cc1-c1nc2cccc(F)c2s1. The van der Waals surface area contributed by atoms with Gasteiger partial charge in [0.05, 0.1) is 16.5 Å². The van der Waals surface area contributed by atoms with Crippen LogP contribution in [0.5, 0.6) is 0 Å². The molecule has 5 nitrogen and oxygen atoms in total. The van der Waals surface area contributed by atoms with Crippen LogP contribution in [0, 0.1) is 5.82 Å². The van der Waals surface area contributed by atoms with E-state index in [9.17, 15) is 26.0 Å². The molecule has 3 aromatic rings. The molecule has 0 aliphatic carbocycles. The van der Waals surface area contributed by atoms with Gasteiger partial charge in [-0.1, -0.05) is 6.07 Å². The minimum Gasteiger partial charge on any atom is -0.234 e. The molecule has 2 aromatic heterocycles. The number of fused-ring (bicyclic) bond motifs is 1. The molecule has 11 heteroatoms. The van der Waals surface area contributed by atoms with Crippen LogP contribution in [0.2, 0.25) is 0 Å². The maximum atomic E-state index is 13.7. The number of benzene rings is 1. The molecule has 0 fully saturated rings. The number of alkyl halides is 3. The summed E-state index contributed by atoms with van der Waals surface area (Å²) in [6, 6.07) is 4.64. The van der Waals surface area contributed by atoms with Crippen molar-refractivity contribution in [1.29, 1.82) is 0 Å². The van der Waals surface area contributed by atoms with Crippen molar-refractivity contribution in [3.63, 3.8) is 0 Å². The first-order chi connectivity index (χ1) is 10.6. The molecule has 0 saturated heterocycles. The molecule has 0 spiro atoms. The Kier molecular flexibility index (Phi) is 3.45. The standard InChI is InChI=1S/C12H7F4N3O2S2/c1-23(20,21)19-8(5-9(18-19)12(14,15)16)11-17-7-4-2-3-6(13)10(7)22-11/h2-5H,1H3. The summed E-state index contributed by atoms with van der Waals surface area (Å²) in [4.78, 5) is 4.00. The predicted octanol–water partition coefficient (Wildman–Crippen LogP) is 3.13. The number of rotatable bonds is 2. The minimum absolute atomic E-state index is 0.0708. The first kappa shape index (κ1) is 15.9. The molecular weight excluding hydrogens is 358 g/mol. The van der Waals surface area contributed by atoms with Gasteiger partial charge in [-0.05, 0) is 12.1 Å². The fourth-order valence-corrected chi connectivity index (χ4v) is 3.69. The maximum absolute atomic E-state index is 13.7. The minimum atomic E-state index is -4.81. The Bertz CT molecular complexity index is 1010. The summed E-state index contributed by atoms with van der Waals surface area (Å²) in [5.41, 5.74) is -1.50. The molecule has 2 heterocycles. The van der Waals surface area contributed by atoms with E-state index >= 15 is 0 Å². The molecule has 0 unspecified atom stereocenters. The lowest BCUT2D eigenvalue weighted by Gasteiger charge is -2.01. The smallest absolute Gasteiger partial charge is 0.234 e.